The van der Waals surface area contributed by atoms with Gasteiger partial charge in [0.25, 0.3) is 11.1 Å². The largest absolute Gasteiger partial charge is 0.426 e. The van der Waals surface area contributed by atoms with Crippen LogP contribution in [0.2, 0.25) is 0 Å². The first kappa shape index (κ1) is 8.90. The van der Waals surface area contributed by atoms with Crippen molar-refractivity contribution in [2.45, 2.75) is 0 Å². The summed E-state index contributed by atoms with van der Waals surface area (Å²) < 4.78 is 5.01. The first-order valence-corrected chi connectivity index (χ1v) is 4.46. The lowest BCUT2D eigenvalue weighted by molar-refractivity contribution is -0.116. The maximum atomic E-state index is 11.2. The van der Waals surface area contributed by atoms with Crippen molar-refractivity contribution in [3.63, 3.8) is 0 Å². The molecule has 0 aromatic heterocycles. The Morgan fingerprint density at radius 1 is 1.29 bits per heavy atom. The number of hydrogen-bond donors (Lipinski definition) is 1. The minimum Gasteiger partial charge on any atom is -0.426 e. The van der Waals surface area contributed by atoms with Crippen LogP contribution in [0.3, 0.4) is 0 Å². The molecule has 3 nitrogen and oxygen atoms in total. The Morgan fingerprint density at radius 2 is 2.00 bits per heavy atom. The first-order chi connectivity index (χ1) is 6.75. The summed E-state index contributed by atoms with van der Waals surface area (Å²) in [5, 5.41) is 2.50. The van der Waals surface area contributed by atoms with E-state index >= 15 is 0 Å². The molecule has 1 amide bonds. The third-order valence-electron chi connectivity index (χ3n) is 1.74. The lowest BCUT2D eigenvalue weighted by atomic mass is 10.2. The van der Waals surface area contributed by atoms with E-state index in [1.165, 1.54) is 0 Å². The van der Waals surface area contributed by atoms with E-state index < -0.39 is 0 Å². The number of carbonyl (C=O) groups is 1. The highest BCUT2D eigenvalue weighted by Gasteiger charge is 2.22. The summed E-state index contributed by atoms with van der Waals surface area (Å²) in [4.78, 5) is 11.2. The van der Waals surface area contributed by atoms with Crippen LogP contribution >= 0.6 is 12.2 Å². The molecule has 2 rings (SSSR count). The minimum absolute atomic E-state index is 0.109. The lowest BCUT2D eigenvalue weighted by Crippen LogP contribution is -2.18. The lowest BCUT2D eigenvalue weighted by Gasteiger charge is -1.94. The molecule has 1 aromatic rings. The van der Waals surface area contributed by atoms with Crippen LogP contribution < -0.4 is 5.32 Å². The summed E-state index contributed by atoms with van der Waals surface area (Å²) >= 11 is 4.69. The van der Waals surface area contributed by atoms with E-state index in [0.29, 0.717) is 0 Å². The molecule has 1 heterocycles. The van der Waals surface area contributed by atoms with Crippen molar-refractivity contribution < 1.29 is 9.53 Å². The van der Waals surface area contributed by atoms with Crippen molar-refractivity contribution in [1.29, 1.82) is 0 Å². The number of rotatable bonds is 1. The smallest absolute Gasteiger partial charge is 0.294 e. The van der Waals surface area contributed by atoms with Gasteiger partial charge in [-0.3, -0.25) is 10.1 Å². The topological polar surface area (TPSA) is 38.3 Å². The Bertz CT molecular complexity index is 411. The van der Waals surface area contributed by atoms with Crippen molar-refractivity contribution in [3.05, 3.63) is 41.7 Å². The Morgan fingerprint density at radius 3 is 2.57 bits per heavy atom. The monoisotopic (exact) mass is 205 g/mol. The van der Waals surface area contributed by atoms with Crippen molar-refractivity contribution in [2.24, 2.45) is 0 Å². The van der Waals surface area contributed by atoms with Gasteiger partial charge in [0.15, 0.2) is 5.76 Å². The van der Waals surface area contributed by atoms with Gasteiger partial charge in [0.1, 0.15) is 0 Å². The normalized spacial score (nSPS) is 18.1. The van der Waals surface area contributed by atoms with Crippen LogP contribution in [0.25, 0.3) is 6.08 Å². The second-order valence-electron chi connectivity index (χ2n) is 2.76. The molecule has 1 N–H and O–H groups in total. The van der Waals surface area contributed by atoms with E-state index in [4.69, 9.17) is 17.0 Å². The molecular weight excluding hydrogens is 198 g/mol. The molecule has 14 heavy (non-hydrogen) atoms. The maximum Gasteiger partial charge on any atom is 0.294 e. The zero-order valence-corrected chi connectivity index (χ0v) is 8.01. The Hall–Kier alpha value is -1.68. The molecule has 1 fully saturated rings. The fourth-order valence-electron chi connectivity index (χ4n) is 1.12. The van der Waals surface area contributed by atoms with Gasteiger partial charge in [-0.15, -0.1) is 0 Å². The van der Waals surface area contributed by atoms with Crippen molar-refractivity contribution in [3.8, 4) is 0 Å². The minimum atomic E-state index is -0.293. The zero-order chi connectivity index (χ0) is 9.97. The molecule has 0 unspecified atom stereocenters. The quantitative estimate of drug-likeness (QED) is 0.557. The number of nitrogens with one attached hydrogen (secondary N) is 1. The summed E-state index contributed by atoms with van der Waals surface area (Å²) in [6.45, 7) is 0. The summed E-state index contributed by atoms with van der Waals surface area (Å²) in [6, 6.07) is 9.44. The predicted octanol–water partition coefficient (Wildman–Crippen LogP) is 1.46. The summed E-state index contributed by atoms with van der Waals surface area (Å²) in [5.41, 5.74) is 0.905. The van der Waals surface area contributed by atoms with E-state index in [9.17, 15) is 4.79 Å². The third-order valence-corrected chi connectivity index (χ3v) is 1.92. The molecule has 0 radical (unpaired) electrons. The number of carbonyl (C=O) groups excluding carboxylic acids is 1. The van der Waals surface area contributed by atoms with E-state index in [1.807, 2.05) is 30.3 Å². The molecule has 0 bridgehead atoms. The van der Waals surface area contributed by atoms with Crippen LogP contribution in [0.15, 0.2) is 36.1 Å². The molecule has 1 aromatic carbocycles. The molecule has 1 saturated heterocycles. The molecule has 70 valence electrons. The number of hydrogen-bond acceptors (Lipinski definition) is 3. The average Bonchev–Trinajstić information content (AvgIpc) is 2.47. The van der Waals surface area contributed by atoms with E-state index in [1.54, 1.807) is 6.08 Å². The van der Waals surface area contributed by atoms with Gasteiger partial charge in [0.05, 0.1) is 0 Å². The highest BCUT2D eigenvalue weighted by molar-refractivity contribution is 7.80. The molecule has 0 spiro atoms. The number of amides is 1. The van der Waals surface area contributed by atoms with Crippen LogP contribution in [0, 0.1) is 0 Å². The van der Waals surface area contributed by atoms with Gasteiger partial charge in [0.2, 0.25) is 0 Å². The van der Waals surface area contributed by atoms with Crippen LogP contribution in [0.1, 0.15) is 5.56 Å². The fraction of sp³-hybridized carbons (Fsp3) is 0. The van der Waals surface area contributed by atoms with Gasteiger partial charge >= 0.3 is 0 Å². The Balaban J connectivity index is 2.28. The van der Waals surface area contributed by atoms with Crippen molar-refractivity contribution in [1.82, 2.24) is 5.32 Å². The van der Waals surface area contributed by atoms with Gasteiger partial charge in [0, 0.05) is 0 Å². The van der Waals surface area contributed by atoms with Crippen molar-refractivity contribution >= 4 is 29.4 Å². The molecule has 1 aliphatic heterocycles. The standard InChI is InChI=1S/C10H7NO2S/c12-9-8(13-10(14)11-9)6-7-4-2-1-3-5-7/h1-6H,(H,11,12,14)/b8-6-. The van der Waals surface area contributed by atoms with Gasteiger partial charge in [-0.1, -0.05) is 30.3 Å². The van der Waals surface area contributed by atoms with E-state index in [2.05, 4.69) is 5.32 Å². The molecule has 0 saturated carbocycles. The Labute approximate surface area is 86.4 Å². The molecular formula is C10H7NO2S. The fourth-order valence-corrected chi connectivity index (χ4v) is 1.30. The van der Waals surface area contributed by atoms with Gasteiger partial charge < -0.3 is 4.74 Å². The van der Waals surface area contributed by atoms with Gasteiger partial charge in [-0.25, -0.2) is 0 Å². The number of ether oxygens (including phenoxy) is 1. The summed E-state index contributed by atoms with van der Waals surface area (Å²) in [6.07, 6.45) is 1.65. The van der Waals surface area contributed by atoms with Crippen LogP contribution in [0.4, 0.5) is 0 Å². The first-order valence-electron chi connectivity index (χ1n) is 4.05. The second kappa shape index (κ2) is 3.59. The summed E-state index contributed by atoms with van der Waals surface area (Å²) in [7, 11) is 0. The van der Waals surface area contributed by atoms with Gasteiger partial charge in [-0.05, 0) is 23.9 Å². The third kappa shape index (κ3) is 1.80. The predicted molar refractivity (Wildman–Crippen MR) is 56.2 cm³/mol. The van der Waals surface area contributed by atoms with Crippen LogP contribution in [-0.2, 0) is 9.53 Å². The number of benzene rings is 1. The van der Waals surface area contributed by atoms with Crippen molar-refractivity contribution in [2.75, 3.05) is 0 Å². The average molecular weight is 205 g/mol. The van der Waals surface area contributed by atoms with E-state index in [-0.39, 0.29) is 16.8 Å². The molecule has 1 aliphatic rings. The second-order valence-corrected chi connectivity index (χ2v) is 3.13. The maximum absolute atomic E-state index is 11.2. The van der Waals surface area contributed by atoms with E-state index in [0.717, 1.165) is 5.56 Å². The zero-order valence-electron chi connectivity index (χ0n) is 7.19. The molecule has 4 heteroatoms. The molecule has 0 aliphatic carbocycles. The highest BCUT2D eigenvalue weighted by atomic mass is 32.1. The van der Waals surface area contributed by atoms with Crippen LogP contribution in [-0.4, -0.2) is 11.1 Å². The molecule has 0 atom stereocenters. The highest BCUT2D eigenvalue weighted by Crippen LogP contribution is 2.12. The van der Waals surface area contributed by atoms with Crippen LogP contribution in [0.5, 0.6) is 0 Å². The Kier molecular flexibility index (Phi) is 2.28. The van der Waals surface area contributed by atoms with Gasteiger partial charge in [-0.2, -0.15) is 0 Å². The SMILES string of the molecule is O=C1NC(=S)O/C1=C\c1ccccc1. The number of thiocarbonyl (C=S) groups is 1. The summed E-state index contributed by atoms with van der Waals surface area (Å²) in [5.74, 6) is -0.0555.